The highest BCUT2D eigenvalue weighted by Gasteiger charge is 2.22. The number of anilines is 2. The average molecular weight is 339 g/mol. The molecule has 0 atom stereocenters. The van der Waals surface area contributed by atoms with Gasteiger partial charge in [0.15, 0.2) is 0 Å². The fraction of sp³-hybridized carbons (Fsp3) is 0.421. The van der Waals surface area contributed by atoms with E-state index in [1.807, 2.05) is 30.1 Å². The van der Waals surface area contributed by atoms with Crippen LogP contribution in [0.5, 0.6) is 0 Å². The van der Waals surface area contributed by atoms with Crippen LogP contribution >= 0.6 is 0 Å². The zero-order chi connectivity index (χ0) is 17.6. The maximum Gasteiger partial charge on any atom is 0.270 e. The van der Waals surface area contributed by atoms with Crippen molar-refractivity contribution in [3.63, 3.8) is 0 Å². The smallest absolute Gasteiger partial charge is 0.270 e. The van der Waals surface area contributed by atoms with E-state index >= 15 is 0 Å². The monoisotopic (exact) mass is 339 g/mol. The third-order valence-corrected chi connectivity index (χ3v) is 4.37. The minimum atomic E-state index is -0.136. The molecule has 25 heavy (non-hydrogen) atoms. The molecule has 2 N–H and O–H groups in total. The Bertz CT molecular complexity index is 715. The van der Waals surface area contributed by atoms with Gasteiger partial charge < -0.3 is 15.5 Å². The second kappa shape index (κ2) is 7.96. The van der Waals surface area contributed by atoms with Crippen molar-refractivity contribution in [2.45, 2.75) is 19.3 Å². The molecule has 0 spiro atoms. The normalized spacial score (nSPS) is 13.4. The largest absolute Gasteiger partial charge is 0.373 e. The lowest BCUT2D eigenvalue weighted by molar-refractivity contribution is 0.0947. The maximum absolute atomic E-state index is 12.4. The Kier molecular flexibility index (Phi) is 5.48. The predicted molar refractivity (Wildman–Crippen MR) is 100 cm³/mol. The Morgan fingerprint density at radius 1 is 1.24 bits per heavy atom. The van der Waals surface area contributed by atoms with E-state index in [4.69, 9.17) is 0 Å². The summed E-state index contributed by atoms with van der Waals surface area (Å²) in [6.45, 7) is 1.51. The first-order chi connectivity index (χ1) is 12.2. The van der Waals surface area contributed by atoms with E-state index in [0.29, 0.717) is 23.4 Å². The number of nitrogens with one attached hydrogen (secondary N) is 2. The minimum Gasteiger partial charge on any atom is -0.373 e. The maximum atomic E-state index is 12.4. The molecule has 0 bridgehead atoms. The molecule has 1 aromatic heterocycles. The van der Waals surface area contributed by atoms with Crippen LogP contribution in [0.1, 0.15) is 28.9 Å². The van der Waals surface area contributed by atoms with Crippen molar-refractivity contribution in [1.82, 2.24) is 15.3 Å². The molecule has 1 aliphatic carbocycles. The average Bonchev–Trinajstić information content (AvgIpc) is 3.49. The number of likely N-dealkylation sites (N-methyl/N-ethyl adjacent to an activating group) is 1. The number of hydrogen-bond acceptors (Lipinski definition) is 5. The summed E-state index contributed by atoms with van der Waals surface area (Å²) in [6.07, 6.45) is 3.31. The first-order valence-corrected chi connectivity index (χ1v) is 8.76. The standard InChI is InChI=1S/C19H25N5O/c1-20-17-12-16(18(25)21-13-15-8-9-15)22-19(23-17)24(2)11-10-14-6-4-3-5-7-14/h3-7,12,15H,8-11,13H2,1-2H3,(H,21,25)(H,20,22,23). The van der Waals surface area contributed by atoms with Crippen molar-refractivity contribution in [2.24, 2.45) is 5.92 Å². The summed E-state index contributed by atoms with van der Waals surface area (Å²) in [4.78, 5) is 23.3. The third-order valence-electron chi connectivity index (χ3n) is 4.37. The van der Waals surface area contributed by atoms with Crippen molar-refractivity contribution in [1.29, 1.82) is 0 Å². The Labute approximate surface area is 148 Å². The zero-order valence-corrected chi connectivity index (χ0v) is 14.8. The highest BCUT2D eigenvalue weighted by atomic mass is 16.1. The topological polar surface area (TPSA) is 70.2 Å². The van der Waals surface area contributed by atoms with Crippen LogP contribution in [0.15, 0.2) is 36.4 Å². The fourth-order valence-electron chi connectivity index (χ4n) is 2.54. The van der Waals surface area contributed by atoms with Crippen LogP contribution in [0, 0.1) is 5.92 Å². The summed E-state index contributed by atoms with van der Waals surface area (Å²) < 4.78 is 0. The van der Waals surface area contributed by atoms with E-state index < -0.39 is 0 Å². The molecular formula is C19H25N5O. The summed E-state index contributed by atoms with van der Waals surface area (Å²) in [5.41, 5.74) is 1.67. The van der Waals surface area contributed by atoms with Crippen molar-refractivity contribution in [2.75, 3.05) is 37.4 Å². The van der Waals surface area contributed by atoms with Gasteiger partial charge in [-0.3, -0.25) is 4.79 Å². The lowest BCUT2D eigenvalue weighted by Crippen LogP contribution is -2.28. The molecule has 1 heterocycles. The molecule has 6 nitrogen and oxygen atoms in total. The number of carbonyl (C=O) groups is 1. The number of nitrogens with zero attached hydrogens (tertiary/aromatic N) is 3. The highest BCUT2D eigenvalue weighted by molar-refractivity contribution is 5.93. The lowest BCUT2D eigenvalue weighted by atomic mass is 10.1. The molecule has 1 fully saturated rings. The molecule has 0 aliphatic heterocycles. The molecule has 6 heteroatoms. The van der Waals surface area contributed by atoms with Crippen molar-refractivity contribution in [3.05, 3.63) is 47.7 Å². The molecule has 1 aromatic carbocycles. The van der Waals surface area contributed by atoms with Gasteiger partial charge in [-0.05, 0) is 30.7 Å². The van der Waals surface area contributed by atoms with Gasteiger partial charge in [-0.15, -0.1) is 0 Å². The van der Waals surface area contributed by atoms with Gasteiger partial charge in [0.25, 0.3) is 5.91 Å². The SMILES string of the molecule is CNc1cc(C(=O)NCC2CC2)nc(N(C)CCc2ccccc2)n1. The summed E-state index contributed by atoms with van der Waals surface area (Å²) in [5, 5.41) is 5.97. The number of benzene rings is 1. The molecule has 0 radical (unpaired) electrons. The van der Waals surface area contributed by atoms with Gasteiger partial charge in [0, 0.05) is 33.3 Å². The summed E-state index contributed by atoms with van der Waals surface area (Å²) in [5.74, 6) is 1.71. The van der Waals surface area contributed by atoms with Gasteiger partial charge in [0.2, 0.25) is 5.95 Å². The third kappa shape index (κ3) is 4.92. The van der Waals surface area contributed by atoms with E-state index in [1.165, 1.54) is 18.4 Å². The van der Waals surface area contributed by atoms with Crippen LogP contribution in [0.2, 0.25) is 0 Å². The molecule has 132 valence electrons. The van der Waals surface area contributed by atoms with Crippen LogP contribution in [0.3, 0.4) is 0 Å². The second-order valence-corrected chi connectivity index (χ2v) is 6.50. The van der Waals surface area contributed by atoms with Crippen molar-refractivity contribution < 1.29 is 4.79 Å². The number of carbonyl (C=O) groups excluding carboxylic acids is 1. The van der Waals surface area contributed by atoms with Crippen molar-refractivity contribution >= 4 is 17.7 Å². The molecule has 1 aliphatic rings. The van der Waals surface area contributed by atoms with Gasteiger partial charge in [0.1, 0.15) is 11.5 Å². The highest BCUT2D eigenvalue weighted by Crippen LogP contribution is 2.27. The van der Waals surface area contributed by atoms with Crippen molar-refractivity contribution in [3.8, 4) is 0 Å². The first kappa shape index (κ1) is 17.2. The Hall–Kier alpha value is -2.63. The van der Waals surface area contributed by atoms with Crippen LogP contribution in [0.25, 0.3) is 0 Å². The number of aromatic nitrogens is 2. The predicted octanol–water partition coefficient (Wildman–Crippen LogP) is 2.34. The Morgan fingerprint density at radius 3 is 2.68 bits per heavy atom. The molecular weight excluding hydrogens is 314 g/mol. The van der Waals surface area contributed by atoms with Gasteiger partial charge in [-0.1, -0.05) is 30.3 Å². The number of amides is 1. The van der Waals surface area contributed by atoms with E-state index in [1.54, 1.807) is 13.1 Å². The molecule has 0 unspecified atom stereocenters. The van der Waals surface area contributed by atoms with Crippen LogP contribution in [-0.4, -0.2) is 43.1 Å². The first-order valence-electron chi connectivity index (χ1n) is 8.76. The lowest BCUT2D eigenvalue weighted by Gasteiger charge is -2.18. The Balaban J connectivity index is 1.68. The molecule has 3 rings (SSSR count). The van der Waals surface area contributed by atoms with Gasteiger partial charge >= 0.3 is 0 Å². The van der Waals surface area contributed by atoms with Crippen LogP contribution in [0.4, 0.5) is 11.8 Å². The van der Waals surface area contributed by atoms with E-state index in [0.717, 1.165) is 19.5 Å². The van der Waals surface area contributed by atoms with E-state index in [9.17, 15) is 4.79 Å². The van der Waals surface area contributed by atoms with Crippen LogP contribution in [-0.2, 0) is 6.42 Å². The fourth-order valence-corrected chi connectivity index (χ4v) is 2.54. The van der Waals surface area contributed by atoms with E-state index in [2.05, 4.69) is 32.7 Å². The van der Waals surface area contributed by atoms with Gasteiger partial charge in [-0.25, -0.2) is 4.98 Å². The summed E-state index contributed by atoms with van der Waals surface area (Å²) in [6, 6.07) is 12.0. The molecule has 0 saturated heterocycles. The van der Waals surface area contributed by atoms with Gasteiger partial charge in [0.05, 0.1) is 0 Å². The number of rotatable bonds is 8. The minimum absolute atomic E-state index is 0.136. The molecule has 2 aromatic rings. The quantitative estimate of drug-likeness (QED) is 0.772. The Morgan fingerprint density at radius 2 is 2.00 bits per heavy atom. The van der Waals surface area contributed by atoms with Gasteiger partial charge in [-0.2, -0.15) is 4.98 Å². The number of hydrogen-bond donors (Lipinski definition) is 2. The summed E-state index contributed by atoms with van der Waals surface area (Å²) >= 11 is 0. The second-order valence-electron chi connectivity index (χ2n) is 6.50. The van der Waals surface area contributed by atoms with Crippen LogP contribution < -0.4 is 15.5 Å². The zero-order valence-electron chi connectivity index (χ0n) is 14.8. The summed E-state index contributed by atoms with van der Waals surface area (Å²) in [7, 11) is 3.74. The molecule has 1 amide bonds. The van der Waals surface area contributed by atoms with E-state index in [-0.39, 0.29) is 5.91 Å². The molecule has 1 saturated carbocycles.